The van der Waals surface area contributed by atoms with Gasteiger partial charge in [0.1, 0.15) is 11.5 Å². The number of aliphatic imine (C=N–C) groups is 2. The topological polar surface area (TPSA) is 89.9 Å². The summed E-state index contributed by atoms with van der Waals surface area (Å²) in [6.45, 7) is 7.57. The maximum atomic E-state index is 6.07. The minimum Gasteiger partial charge on any atom is -0.741 e. The zero-order chi connectivity index (χ0) is 22.8. The first-order chi connectivity index (χ1) is 15.6. The van der Waals surface area contributed by atoms with E-state index in [2.05, 4.69) is 60.2 Å². The van der Waals surface area contributed by atoms with Crippen LogP contribution in [0.15, 0.2) is 61.0 Å². The van der Waals surface area contributed by atoms with Crippen molar-refractivity contribution in [3.8, 4) is 0 Å². The van der Waals surface area contributed by atoms with E-state index >= 15 is 0 Å². The van der Waals surface area contributed by atoms with E-state index in [1.807, 2.05) is 26.0 Å². The first kappa shape index (κ1) is 26.9. The zero-order valence-electron chi connectivity index (χ0n) is 18.5. The Kier molecular flexibility index (Phi) is 11.5. The summed E-state index contributed by atoms with van der Waals surface area (Å²) in [6, 6.07) is 12.4. The smallest absolute Gasteiger partial charge is 0.741 e. The summed E-state index contributed by atoms with van der Waals surface area (Å²) < 4.78 is 6.07. The van der Waals surface area contributed by atoms with Crippen LogP contribution in [0, 0.1) is 0 Å². The van der Waals surface area contributed by atoms with E-state index in [-0.39, 0.29) is 17.1 Å². The minimum atomic E-state index is 0. The van der Waals surface area contributed by atoms with Crippen molar-refractivity contribution in [3.05, 3.63) is 59.0 Å². The van der Waals surface area contributed by atoms with Crippen molar-refractivity contribution in [1.29, 1.82) is 0 Å². The molecule has 8 nitrogen and oxygen atoms in total. The van der Waals surface area contributed by atoms with Crippen LogP contribution in [-0.2, 0) is 61.8 Å². The van der Waals surface area contributed by atoms with Crippen LogP contribution < -0.4 is 10.9 Å². The fourth-order valence-corrected chi connectivity index (χ4v) is 3.63. The van der Waals surface area contributed by atoms with E-state index < -0.39 is 0 Å². The Morgan fingerprint density at radius 2 is 1.73 bits per heavy atom. The molecule has 0 spiro atoms. The molecule has 0 bridgehead atoms. The third-order valence-corrected chi connectivity index (χ3v) is 5.17. The second kappa shape index (κ2) is 14.1. The molecule has 0 aliphatic carbocycles. The predicted molar refractivity (Wildman–Crippen MR) is 135 cm³/mol. The van der Waals surface area contributed by atoms with Crippen LogP contribution in [0.25, 0.3) is 0 Å². The summed E-state index contributed by atoms with van der Waals surface area (Å²) >= 11 is 10.2. The fraction of sp³-hybridized carbons (Fsp3) is 0.364. The van der Waals surface area contributed by atoms with Gasteiger partial charge >= 0.3 is 17.1 Å². The number of nitrogens with zero attached hydrogens (tertiary/aromatic N) is 5. The van der Waals surface area contributed by atoms with Crippen molar-refractivity contribution in [2.75, 3.05) is 19.6 Å². The normalized spacial score (nSPS) is 15.3. The maximum absolute atomic E-state index is 6.07. The van der Waals surface area contributed by atoms with Crippen LogP contribution in [0.5, 0.6) is 0 Å². The van der Waals surface area contributed by atoms with E-state index in [0.29, 0.717) is 41.4 Å². The van der Waals surface area contributed by atoms with Gasteiger partial charge in [0.25, 0.3) is 0 Å². The SMILES string of the molecule is CCN=C([S-])N/N=C(/C=N/NC([S-])=NCC)c1ccc(CN2CCc3ccccc3C2)o1.[Cu+2]. The zero-order valence-corrected chi connectivity index (χ0v) is 21.1. The van der Waals surface area contributed by atoms with Gasteiger partial charge in [-0.05, 0) is 53.9 Å². The standard InChI is InChI=1S/C22H29N7OS2.Cu/c1-3-23-21(31)27-25-13-19(26-28-22(32)24-4-2)20-10-9-18(30-20)15-29-12-11-16-7-5-6-8-17(16)14-29;/h5-10,13H,3-4,11-12,14-15H2,1-2H3,(H2,23,27,31)(H2,24,28,32);/q;+2/p-2/b25-13+,26-19-;. The van der Waals surface area contributed by atoms with Crippen LogP contribution in [-0.4, -0.2) is 46.8 Å². The van der Waals surface area contributed by atoms with Crippen LogP contribution >= 0.6 is 0 Å². The molecule has 11 heteroatoms. The van der Waals surface area contributed by atoms with E-state index in [0.717, 1.165) is 25.3 Å². The van der Waals surface area contributed by atoms with Gasteiger partial charge in [-0.1, -0.05) is 24.3 Å². The quantitative estimate of drug-likeness (QED) is 0.178. The second-order valence-electron chi connectivity index (χ2n) is 7.03. The van der Waals surface area contributed by atoms with Gasteiger partial charge in [-0.15, -0.1) is 0 Å². The molecule has 179 valence electrons. The van der Waals surface area contributed by atoms with Crippen molar-refractivity contribution >= 4 is 47.5 Å². The summed E-state index contributed by atoms with van der Waals surface area (Å²) in [5.41, 5.74) is 8.71. The molecule has 0 fully saturated rings. The van der Waals surface area contributed by atoms with Crippen molar-refractivity contribution in [2.24, 2.45) is 20.2 Å². The number of fused-ring (bicyclic) bond motifs is 1. The monoisotopic (exact) mass is 532 g/mol. The van der Waals surface area contributed by atoms with Crippen molar-refractivity contribution < 1.29 is 21.5 Å². The molecule has 0 saturated carbocycles. The second-order valence-corrected chi connectivity index (χ2v) is 7.81. The van der Waals surface area contributed by atoms with Crippen LogP contribution in [0.4, 0.5) is 0 Å². The summed E-state index contributed by atoms with van der Waals surface area (Å²) in [7, 11) is 0. The van der Waals surface area contributed by atoms with Gasteiger partial charge in [0.15, 0.2) is 5.76 Å². The largest absolute Gasteiger partial charge is 2.00 e. The van der Waals surface area contributed by atoms with Crippen molar-refractivity contribution in [3.63, 3.8) is 0 Å². The molecule has 1 aliphatic heterocycles. The number of hydrazone groups is 2. The average Bonchev–Trinajstić information content (AvgIpc) is 3.24. The van der Waals surface area contributed by atoms with E-state index in [1.165, 1.54) is 17.3 Å². The molecule has 0 atom stereocenters. The fourth-order valence-electron chi connectivity index (χ4n) is 3.27. The first-order valence-electron chi connectivity index (χ1n) is 10.5. The Bertz CT molecular complexity index is 1020. The van der Waals surface area contributed by atoms with Crippen molar-refractivity contribution in [1.82, 2.24) is 15.8 Å². The summed E-state index contributed by atoms with van der Waals surface area (Å²) in [5, 5.41) is 9.02. The molecule has 0 unspecified atom stereocenters. The predicted octanol–water partition coefficient (Wildman–Crippen LogP) is 2.55. The summed E-state index contributed by atoms with van der Waals surface area (Å²) in [5.74, 6) is 1.42. The molecule has 1 radical (unpaired) electrons. The molecule has 0 saturated heterocycles. The number of furan rings is 1. The average molecular weight is 533 g/mol. The Morgan fingerprint density at radius 1 is 1.03 bits per heavy atom. The molecular formula is C22H27CuN7OS2. The van der Waals surface area contributed by atoms with Gasteiger partial charge in [-0.3, -0.25) is 25.7 Å². The van der Waals surface area contributed by atoms with Gasteiger partial charge in [-0.2, -0.15) is 10.2 Å². The Labute approximate surface area is 216 Å². The molecule has 1 aromatic heterocycles. The molecule has 1 aromatic carbocycles. The van der Waals surface area contributed by atoms with Crippen LogP contribution in [0.3, 0.4) is 0 Å². The minimum absolute atomic E-state index is 0. The molecular weight excluding hydrogens is 506 g/mol. The van der Waals surface area contributed by atoms with E-state index in [4.69, 9.17) is 29.7 Å². The molecule has 33 heavy (non-hydrogen) atoms. The van der Waals surface area contributed by atoms with Gasteiger partial charge in [-0.25, -0.2) is 0 Å². The number of rotatable bonds is 8. The molecule has 3 rings (SSSR count). The van der Waals surface area contributed by atoms with Crippen LogP contribution in [0.2, 0.25) is 0 Å². The Hall–Kier alpha value is -2.30. The number of amidine groups is 2. The molecule has 1 aliphatic rings. The van der Waals surface area contributed by atoms with E-state index in [9.17, 15) is 0 Å². The number of benzene rings is 1. The third-order valence-electron chi connectivity index (χ3n) is 4.73. The van der Waals surface area contributed by atoms with Gasteiger partial charge in [0, 0.05) is 26.2 Å². The Morgan fingerprint density at radius 3 is 2.45 bits per heavy atom. The molecule has 0 amide bonds. The summed E-state index contributed by atoms with van der Waals surface area (Å²) in [4.78, 5) is 10.5. The molecule has 2 N–H and O–H groups in total. The molecule has 2 aromatic rings. The van der Waals surface area contributed by atoms with Gasteiger partial charge < -0.3 is 29.7 Å². The number of hydrogen-bond acceptors (Lipinski definition) is 8. The number of hydrogen-bond donors (Lipinski definition) is 2. The van der Waals surface area contributed by atoms with Crippen LogP contribution in [0.1, 0.15) is 36.5 Å². The maximum Gasteiger partial charge on any atom is 2.00 e. The third kappa shape index (κ3) is 8.53. The van der Waals surface area contributed by atoms with Crippen molar-refractivity contribution in [2.45, 2.75) is 33.4 Å². The van der Waals surface area contributed by atoms with Gasteiger partial charge in [0.05, 0.1) is 12.8 Å². The molecule has 2 heterocycles. The summed E-state index contributed by atoms with van der Waals surface area (Å²) in [6.07, 6.45) is 2.55. The van der Waals surface area contributed by atoms with E-state index in [1.54, 1.807) is 0 Å². The first-order valence-corrected chi connectivity index (χ1v) is 11.3. The Balaban J connectivity index is 0.00000385. The van der Waals surface area contributed by atoms with Gasteiger partial charge in [0.2, 0.25) is 0 Å². The number of nitrogens with one attached hydrogen (secondary N) is 2.